The molecule has 2 heterocycles. The molecule has 0 spiro atoms. The van der Waals surface area contributed by atoms with Gasteiger partial charge in [0.05, 0.1) is 18.4 Å². The van der Waals surface area contributed by atoms with E-state index in [1.54, 1.807) is 19.4 Å². The molecule has 3 aromatic rings. The molecular weight excluding hydrogens is 419 g/mol. The first-order valence-electron chi connectivity index (χ1n) is 11.1. The molecule has 0 saturated carbocycles. The first-order valence-corrected chi connectivity index (χ1v) is 11.1. The highest BCUT2D eigenvalue weighted by atomic mass is 19.1. The van der Waals surface area contributed by atoms with E-state index in [4.69, 9.17) is 4.74 Å². The molecule has 6 nitrogen and oxygen atoms in total. The molecular formula is C26H29FN4O2. The Hall–Kier alpha value is -3.45. The van der Waals surface area contributed by atoms with Crippen LogP contribution in [-0.4, -0.2) is 24.5 Å². The Kier molecular flexibility index (Phi) is 6.60. The predicted octanol–water partition coefficient (Wildman–Crippen LogP) is 4.86. The van der Waals surface area contributed by atoms with Crippen molar-refractivity contribution in [3.8, 4) is 5.88 Å². The maximum Gasteiger partial charge on any atom is 0.257 e. The van der Waals surface area contributed by atoms with Gasteiger partial charge in [0.1, 0.15) is 5.82 Å². The van der Waals surface area contributed by atoms with E-state index in [1.807, 2.05) is 18.2 Å². The van der Waals surface area contributed by atoms with Gasteiger partial charge in [-0.05, 0) is 59.5 Å². The molecule has 1 aliphatic heterocycles. The number of nitrogens with one attached hydrogen (secondary N) is 3. The number of carbonyl (C=O) groups excluding carboxylic acids is 1. The lowest BCUT2D eigenvalue weighted by atomic mass is 9.75. The lowest BCUT2D eigenvalue weighted by Gasteiger charge is -2.36. The summed E-state index contributed by atoms with van der Waals surface area (Å²) >= 11 is 0. The first kappa shape index (κ1) is 22.7. The number of methoxy groups -OCH3 is 1. The van der Waals surface area contributed by atoms with E-state index in [1.165, 1.54) is 29.3 Å². The van der Waals surface area contributed by atoms with Crippen LogP contribution in [0.1, 0.15) is 47.3 Å². The molecule has 4 rings (SSSR count). The molecule has 1 aliphatic rings. The van der Waals surface area contributed by atoms with Crippen LogP contribution in [0.4, 0.5) is 15.8 Å². The topological polar surface area (TPSA) is 75.3 Å². The van der Waals surface area contributed by atoms with Crippen LogP contribution in [0.5, 0.6) is 5.88 Å². The van der Waals surface area contributed by atoms with E-state index in [0.717, 1.165) is 30.8 Å². The molecule has 0 bridgehead atoms. The number of ether oxygens (including phenoxy) is 1. The second-order valence-corrected chi connectivity index (χ2v) is 8.59. The van der Waals surface area contributed by atoms with Crippen molar-refractivity contribution in [1.82, 2.24) is 10.3 Å². The summed E-state index contributed by atoms with van der Waals surface area (Å²) in [6.45, 7) is 6.55. The number of pyridine rings is 1. The Morgan fingerprint density at radius 2 is 2.06 bits per heavy atom. The predicted molar refractivity (Wildman–Crippen MR) is 128 cm³/mol. The summed E-state index contributed by atoms with van der Waals surface area (Å²) in [6, 6.07) is 13.8. The zero-order chi connectivity index (χ0) is 23.4. The van der Waals surface area contributed by atoms with Gasteiger partial charge >= 0.3 is 0 Å². The van der Waals surface area contributed by atoms with Crippen LogP contribution in [0.3, 0.4) is 0 Å². The Labute approximate surface area is 193 Å². The summed E-state index contributed by atoms with van der Waals surface area (Å²) in [6.07, 6.45) is 2.68. The van der Waals surface area contributed by atoms with Crippen LogP contribution in [0.15, 0.2) is 54.7 Å². The second-order valence-electron chi connectivity index (χ2n) is 8.59. The zero-order valence-corrected chi connectivity index (χ0v) is 19.2. The number of aromatic nitrogens is 1. The number of hydrogen-bond acceptors (Lipinski definition) is 5. The monoisotopic (exact) mass is 448 g/mol. The Bertz CT molecular complexity index is 1170. The van der Waals surface area contributed by atoms with Gasteiger partial charge in [-0.2, -0.15) is 0 Å². The number of rotatable bonds is 7. The Morgan fingerprint density at radius 3 is 2.85 bits per heavy atom. The smallest absolute Gasteiger partial charge is 0.257 e. The normalized spacial score (nSPS) is 17.2. The number of amides is 1. The first-order chi connectivity index (χ1) is 15.9. The van der Waals surface area contributed by atoms with Crippen molar-refractivity contribution in [3.05, 3.63) is 82.8 Å². The van der Waals surface area contributed by atoms with Crippen LogP contribution in [0.25, 0.3) is 0 Å². The number of carbonyl (C=O) groups is 1. The Morgan fingerprint density at radius 1 is 1.21 bits per heavy atom. The Balaban J connectivity index is 1.53. The number of anilines is 2. The van der Waals surface area contributed by atoms with Crippen LogP contribution < -0.4 is 20.7 Å². The number of nitrogens with zero attached hydrogens (tertiary/aromatic N) is 1. The van der Waals surface area contributed by atoms with Crippen molar-refractivity contribution in [2.75, 3.05) is 24.3 Å². The highest BCUT2D eigenvalue weighted by Gasteiger charge is 2.30. The average Bonchev–Trinajstić information content (AvgIpc) is 2.83. The molecule has 0 fully saturated rings. The van der Waals surface area contributed by atoms with Gasteiger partial charge in [-0.3, -0.25) is 4.79 Å². The average molecular weight is 449 g/mol. The van der Waals surface area contributed by atoms with Crippen molar-refractivity contribution >= 4 is 17.3 Å². The lowest BCUT2D eigenvalue weighted by molar-refractivity contribution is 0.102. The summed E-state index contributed by atoms with van der Waals surface area (Å²) in [5.41, 5.74) is 4.99. The van der Waals surface area contributed by atoms with Crippen molar-refractivity contribution in [2.45, 2.75) is 38.8 Å². The quantitative estimate of drug-likeness (QED) is 0.481. The van der Waals surface area contributed by atoms with Crippen LogP contribution in [-0.2, 0) is 18.5 Å². The third kappa shape index (κ3) is 4.98. The van der Waals surface area contributed by atoms with Crippen LogP contribution in [0, 0.1) is 5.82 Å². The van der Waals surface area contributed by atoms with Crippen molar-refractivity contribution in [2.24, 2.45) is 0 Å². The van der Waals surface area contributed by atoms with Gasteiger partial charge in [0, 0.05) is 43.0 Å². The van der Waals surface area contributed by atoms with Gasteiger partial charge in [0.15, 0.2) is 0 Å². The molecule has 0 aliphatic carbocycles. The van der Waals surface area contributed by atoms with Gasteiger partial charge in [-0.25, -0.2) is 9.37 Å². The van der Waals surface area contributed by atoms with E-state index in [0.29, 0.717) is 23.7 Å². The molecule has 1 unspecified atom stereocenters. The molecule has 1 atom stereocenters. The van der Waals surface area contributed by atoms with E-state index in [9.17, 15) is 9.18 Å². The van der Waals surface area contributed by atoms with Gasteiger partial charge in [0.25, 0.3) is 5.91 Å². The van der Waals surface area contributed by atoms with Crippen molar-refractivity contribution < 1.29 is 13.9 Å². The number of fused-ring (bicyclic) bond motifs is 1. The molecule has 0 saturated heterocycles. The van der Waals surface area contributed by atoms with Crippen molar-refractivity contribution in [1.29, 1.82) is 0 Å². The van der Waals surface area contributed by atoms with Crippen molar-refractivity contribution in [3.63, 3.8) is 0 Å². The molecule has 2 aromatic carbocycles. The lowest BCUT2D eigenvalue weighted by Crippen LogP contribution is -2.40. The fourth-order valence-electron chi connectivity index (χ4n) is 4.22. The largest absolute Gasteiger partial charge is 0.481 e. The second kappa shape index (κ2) is 9.58. The minimum absolute atomic E-state index is 0.0831. The van der Waals surface area contributed by atoms with Gasteiger partial charge in [-0.1, -0.05) is 19.9 Å². The number of benzene rings is 2. The fraction of sp³-hybridized carbons (Fsp3) is 0.308. The van der Waals surface area contributed by atoms with Crippen LogP contribution in [0.2, 0.25) is 0 Å². The summed E-state index contributed by atoms with van der Waals surface area (Å²) in [5.74, 6) is -0.223. The van der Waals surface area contributed by atoms with E-state index in [2.05, 4.69) is 40.8 Å². The number of hydrogen-bond donors (Lipinski definition) is 3. The third-order valence-electron chi connectivity index (χ3n) is 6.34. The summed E-state index contributed by atoms with van der Waals surface area (Å²) in [5, 5.41) is 9.61. The van der Waals surface area contributed by atoms with E-state index in [-0.39, 0.29) is 11.3 Å². The molecule has 0 radical (unpaired) electrons. The molecule has 172 valence electrons. The highest BCUT2D eigenvalue weighted by Crippen LogP contribution is 2.34. The molecule has 33 heavy (non-hydrogen) atoms. The number of halogens is 1. The maximum absolute atomic E-state index is 14.0. The maximum atomic E-state index is 14.0. The van der Waals surface area contributed by atoms with E-state index < -0.39 is 5.82 Å². The van der Waals surface area contributed by atoms with Crippen LogP contribution >= 0.6 is 0 Å². The van der Waals surface area contributed by atoms with E-state index >= 15 is 0 Å². The molecule has 1 aromatic heterocycles. The highest BCUT2D eigenvalue weighted by molar-refractivity contribution is 6.08. The van der Waals surface area contributed by atoms with Gasteiger partial charge in [-0.15, -0.1) is 0 Å². The fourth-order valence-corrected chi connectivity index (χ4v) is 4.22. The summed E-state index contributed by atoms with van der Waals surface area (Å²) in [4.78, 5) is 17.2. The van der Waals surface area contributed by atoms with Gasteiger partial charge < -0.3 is 20.7 Å². The minimum Gasteiger partial charge on any atom is -0.481 e. The summed E-state index contributed by atoms with van der Waals surface area (Å²) in [7, 11) is 1.55. The molecule has 1 amide bonds. The standard InChI is InChI=1S/C26H29FN4O2/c1-4-26(2)16-28-15-18-12-20(6-8-22(18)26)31-25(32)21-7-5-19(27)13-23(21)30-14-17-9-10-29-24(11-17)33-3/h5-13,28,30H,4,14-16H2,1-3H3,(H,31,32). The SMILES string of the molecule is CCC1(C)CNCc2cc(NC(=O)c3ccc(F)cc3NCc3ccnc(OC)c3)ccc21. The minimum atomic E-state index is -0.417. The molecule has 3 N–H and O–H groups in total. The zero-order valence-electron chi connectivity index (χ0n) is 19.2. The van der Waals surface area contributed by atoms with Gasteiger partial charge in [0.2, 0.25) is 5.88 Å². The summed E-state index contributed by atoms with van der Waals surface area (Å²) < 4.78 is 19.1. The molecule has 7 heteroatoms. The third-order valence-corrected chi connectivity index (χ3v) is 6.34.